The maximum atomic E-state index is 11.9. The predicted molar refractivity (Wildman–Crippen MR) is 71.6 cm³/mol. The number of carboxylic acids is 1. The number of carbonyl (C=O) groups is 1. The molecule has 0 atom stereocenters. The SMILES string of the molecule is CNS(=O)(=O)c1cc2cc(C(=O)O)sc2cc1OC. The van der Waals surface area contributed by atoms with Gasteiger partial charge in [-0.05, 0) is 30.6 Å². The summed E-state index contributed by atoms with van der Waals surface area (Å²) in [7, 11) is -0.998. The van der Waals surface area contributed by atoms with Gasteiger partial charge in [-0.2, -0.15) is 0 Å². The van der Waals surface area contributed by atoms with Crippen molar-refractivity contribution >= 4 is 37.4 Å². The van der Waals surface area contributed by atoms with Gasteiger partial charge in [-0.3, -0.25) is 0 Å². The molecule has 1 heterocycles. The van der Waals surface area contributed by atoms with E-state index < -0.39 is 16.0 Å². The highest BCUT2D eigenvalue weighted by Crippen LogP contribution is 2.34. The van der Waals surface area contributed by atoms with E-state index in [2.05, 4.69) is 4.72 Å². The van der Waals surface area contributed by atoms with E-state index >= 15 is 0 Å². The summed E-state index contributed by atoms with van der Waals surface area (Å²) in [6.45, 7) is 0. The van der Waals surface area contributed by atoms with Crippen LogP contribution in [0.15, 0.2) is 23.1 Å². The van der Waals surface area contributed by atoms with Crippen LogP contribution < -0.4 is 9.46 Å². The quantitative estimate of drug-likeness (QED) is 0.893. The van der Waals surface area contributed by atoms with Crippen molar-refractivity contribution in [1.82, 2.24) is 4.72 Å². The lowest BCUT2D eigenvalue weighted by molar-refractivity contribution is 0.0702. The van der Waals surface area contributed by atoms with Crippen LogP contribution in [0.3, 0.4) is 0 Å². The smallest absolute Gasteiger partial charge is 0.345 e. The minimum absolute atomic E-state index is 0.0141. The van der Waals surface area contributed by atoms with Crippen molar-refractivity contribution in [3.63, 3.8) is 0 Å². The number of sulfonamides is 1. The number of hydrogen-bond donors (Lipinski definition) is 2. The maximum Gasteiger partial charge on any atom is 0.345 e. The molecule has 8 heteroatoms. The molecule has 0 radical (unpaired) electrons. The lowest BCUT2D eigenvalue weighted by atomic mass is 10.2. The van der Waals surface area contributed by atoms with Crippen LogP contribution >= 0.6 is 11.3 Å². The summed E-state index contributed by atoms with van der Waals surface area (Å²) in [6, 6.07) is 4.37. The van der Waals surface area contributed by atoms with E-state index in [0.29, 0.717) is 10.1 Å². The van der Waals surface area contributed by atoms with E-state index in [0.717, 1.165) is 11.3 Å². The Hall–Kier alpha value is -1.64. The van der Waals surface area contributed by atoms with E-state index in [1.807, 2.05) is 0 Å². The molecule has 0 amide bonds. The Kier molecular flexibility index (Phi) is 3.48. The third-order valence-corrected chi connectivity index (χ3v) is 5.09. The van der Waals surface area contributed by atoms with Crippen molar-refractivity contribution in [2.75, 3.05) is 14.2 Å². The molecule has 19 heavy (non-hydrogen) atoms. The molecule has 0 aliphatic carbocycles. The normalized spacial score (nSPS) is 11.7. The average molecular weight is 301 g/mol. The van der Waals surface area contributed by atoms with Gasteiger partial charge in [0.25, 0.3) is 0 Å². The number of aromatic carboxylic acids is 1. The first-order chi connectivity index (χ1) is 8.89. The van der Waals surface area contributed by atoms with Gasteiger partial charge in [0, 0.05) is 4.70 Å². The van der Waals surface area contributed by atoms with E-state index in [1.54, 1.807) is 0 Å². The molecule has 102 valence electrons. The molecule has 0 unspecified atom stereocenters. The highest BCUT2D eigenvalue weighted by molar-refractivity contribution is 7.89. The first-order valence-corrected chi connectivity index (χ1v) is 7.47. The molecular formula is C11H11NO5S2. The molecule has 6 nitrogen and oxygen atoms in total. The monoisotopic (exact) mass is 301 g/mol. The lowest BCUT2D eigenvalue weighted by Gasteiger charge is -2.08. The van der Waals surface area contributed by atoms with Crippen LogP contribution in [0.25, 0.3) is 10.1 Å². The number of benzene rings is 1. The highest BCUT2D eigenvalue weighted by Gasteiger charge is 2.20. The largest absolute Gasteiger partial charge is 0.495 e. The predicted octanol–water partition coefficient (Wildman–Crippen LogP) is 1.52. The Morgan fingerprint density at radius 3 is 2.58 bits per heavy atom. The zero-order chi connectivity index (χ0) is 14.2. The van der Waals surface area contributed by atoms with Crippen molar-refractivity contribution < 1.29 is 23.1 Å². The second-order valence-electron chi connectivity index (χ2n) is 3.66. The molecule has 0 saturated heterocycles. The van der Waals surface area contributed by atoms with Crippen LogP contribution in [0.1, 0.15) is 9.67 Å². The fourth-order valence-corrected chi connectivity index (χ4v) is 3.45. The van der Waals surface area contributed by atoms with Gasteiger partial charge >= 0.3 is 5.97 Å². The van der Waals surface area contributed by atoms with E-state index in [1.165, 1.54) is 32.4 Å². The van der Waals surface area contributed by atoms with Gasteiger partial charge in [-0.25, -0.2) is 17.9 Å². The van der Waals surface area contributed by atoms with E-state index in [9.17, 15) is 13.2 Å². The summed E-state index contributed by atoms with van der Waals surface area (Å²) >= 11 is 1.07. The fourth-order valence-electron chi connectivity index (χ4n) is 1.63. The molecule has 2 rings (SSSR count). The van der Waals surface area contributed by atoms with Crippen molar-refractivity contribution in [3.8, 4) is 5.75 Å². The number of nitrogens with one attached hydrogen (secondary N) is 1. The zero-order valence-electron chi connectivity index (χ0n) is 10.1. The van der Waals surface area contributed by atoms with Crippen LogP contribution in [0.2, 0.25) is 0 Å². The number of rotatable bonds is 4. The maximum absolute atomic E-state index is 11.9. The third-order valence-electron chi connectivity index (χ3n) is 2.57. The minimum atomic E-state index is -3.66. The molecule has 1 aromatic carbocycles. The van der Waals surface area contributed by atoms with Crippen molar-refractivity contribution in [1.29, 1.82) is 0 Å². The number of fused-ring (bicyclic) bond motifs is 1. The molecular weight excluding hydrogens is 290 g/mol. The number of thiophene rings is 1. The topological polar surface area (TPSA) is 92.7 Å². The number of methoxy groups -OCH3 is 1. The second-order valence-corrected chi connectivity index (χ2v) is 6.60. The fraction of sp³-hybridized carbons (Fsp3) is 0.182. The van der Waals surface area contributed by atoms with Gasteiger partial charge in [-0.15, -0.1) is 11.3 Å². The molecule has 0 fully saturated rings. The third kappa shape index (κ3) is 2.42. The summed E-state index contributed by atoms with van der Waals surface area (Å²) in [5.41, 5.74) is 0. The van der Waals surface area contributed by atoms with E-state index in [4.69, 9.17) is 9.84 Å². The van der Waals surface area contributed by atoms with Crippen molar-refractivity contribution in [2.45, 2.75) is 4.90 Å². The molecule has 2 aromatic rings. The Balaban J connectivity index is 2.75. The Morgan fingerprint density at radius 1 is 1.37 bits per heavy atom. The second kappa shape index (κ2) is 4.80. The van der Waals surface area contributed by atoms with Crippen LogP contribution in [-0.4, -0.2) is 33.7 Å². The molecule has 2 N–H and O–H groups in total. The van der Waals surface area contributed by atoms with Crippen LogP contribution in [-0.2, 0) is 10.0 Å². The minimum Gasteiger partial charge on any atom is -0.495 e. The van der Waals surface area contributed by atoms with Crippen molar-refractivity contribution in [2.24, 2.45) is 0 Å². The Labute approximate surface area is 113 Å². The van der Waals surface area contributed by atoms with Gasteiger partial charge in [0.05, 0.1) is 7.11 Å². The van der Waals surface area contributed by atoms with Gasteiger partial charge < -0.3 is 9.84 Å². The zero-order valence-corrected chi connectivity index (χ0v) is 11.8. The Morgan fingerprint density at radius 2 is 2.05 bits per heavy atom. The number of hydrogen-bond acceptors (Lipinski definition) is 5. The summed E-state index contributed by atoms with van der Waals surface area (Å²) in [6.07, 6.45) is 0. The number of carboxylic acid groups (broad SMARTS) is 1. The summed E-state index contributed by atoms with van der Waals surface area (Å²) in [5.74, 6) is -0.862. The molecule has 1 aromatic heterocycles. The lowest BCUT2D eigenvalue weighted by Crippen LogP contribution is -2.19. The standard InChI is InChI=1S/C11H11NO5S2/c1-12-19(15,16)10-4-6-3-9(11(13)14)18-8(6)5-7(10)17-2/h3-5,12H,1-2H3,(H,13,14). The first-order valence-electron chi connectivity index (χ1n) is 5.17. The van der Waals surface area contributed by atoms with Gasteiger partial charge in [0.2, 0.25) is 10.0 Å². The molecule has 0 aliphatic heterocycles. The van der Waals surface area contributed by atoms with Gasteiger partial charge in [-0.1, -0.05) is 0 Å². The Bertz CT molecular complexity index is 748. The number of ether oxygens (including phenoxy) is 1. The van der Waals surface area contributed by atoms with Crippen LogP contribution in [0.4, 0.5) is 0 Å². The van der Waals surface area contributed by atoms with Crippen molar-refractivity contribution in [3.05, 3.63) is 23.1 Å². The van der Waals surface area contributed by atoms with Crippen LogP contribution in [0, 0.1) is 0 Å². The molecule has 0 saturated carbocycles. The first kappa shape index (κ1) is 13.8. The van der Waals surface area contributed by atoms with Gasteiger partial charge in [0.15, 0.2) is 0 Å². The molecule has 0 aliphatic rings. The van der Waals surface area contributed by atoms with Crippen LogP contribution in [0.5, 0.6) is 5.75 Å². The highest BCUT2D eigenvalue weighted by atomic mass is 32.2. The van der Waals surface area contributed by atoms with E-state index in [-0.39, 0.29) is 15.5 Å². The molecule has 0 spiro atoms. The summed E-state index contributed by atoms with van der Waals surface area (Å²) < 4.78 is 31.6. The summed E-state index contributed by atoms with van der Waals surface area (Å²) in [5, 5.41) is 9.49. The summed E-state index contributed by atoms with van der Waals surface area (Å²) in [4.78, 5) is 11.0. The van der Waals surface area contributed by atoms with Gasteiger partial charge in [0.1, 0.15) is 15.5 Å². The average Bonchev–Trinajstić information content (AvgIpc) is 2.80. The molecule has 0 bridgehead atoms.